The first-order valence-corrected chi connectivity index (χ1v) is 6.92. The summed E-state index contributed by atoms with van der Waals surface area (Å²) >= 11 is 0. The largest absolute Gasteiger partial charge is 3.00 e. The van der Waals surface area contributed by atoms with Gasteiger partial charge in [-0.15, -0.1) is 0 Å². The summed E-state index contributed by atoms with van der Waals surface area (Å²) in [5.41, 5.74) is 1.69. The van der Waals surface area contributed by atoms with Crippen LogP contribution in [0.15, 0.2) is 16.1 Å². The van der Waals surface area contributed by atoms with Crippen LogP contribution in [0.3, 0.4) is 0 Å². The van der Waals surface area contributed by atoms with E-state index in [4.69, 9.17) is 0 Å². The maximum absolute atomic E-state index is 3.57. The Morgan fingerprint density at radius 2 is 1.80 bits per heavy atom. The Morgan fingerprint density at radius 1 is 1.27 bits per heavy atom. The van der Waals surface area contributed by atoms with Gasteiger partial charge in [0, 0.05) is 5.54 Å². The van der Waals surface area contributed by atoms with E-state index in [1.165, 1.54) is 5.70 Å². The van der Waals surface area contributed by atoms with Gasteiger partial charge in [0.25, 0.3) is 0 Å². The van der Waals surface area contributed by atoms with E-state index in [2.05, 4.69) is 38.7 Å². The normalized spacial score (nSPS) is 21.6. The maximum atomic E-state index is 3.57. The van der Waals surface area contributed by atoms with Crippen molar-refractivity contribution in [3.8, 4) is 0 Å². The number of rotatable bonds is 1. The van der Waals surface area contributed by atoms with E-state index in [0.717, 1.165) is 6.42 Å². The molecule has 0 amide bonds. The number of allylic oxidation sites excluding steroid dienone is 3. The third-order valence-electron chi connectivity index (χ3n) is 2.38. The molecule has 1 N–H and O–H groups in total. The summed E-state index contributed by atoms with van der Waals surface area (Å²) < 4.78 is 0. The Labute approximate surface area is 121 Å². The second kappa shape index (κ2) is 5.92. The van der Waals surface area contributed by atoms with Crippen molar-refractivity contribution < 1.29 is 46.5 Å². The van der Waals surface area contributed by atoms with Crippen molar-refractivity contribution in [3.05, 3.63) is 22.2 Å². The first kappa shape index (κ1) is 18.2. The molecule has 0 aromatic carbocycles. The topological polar surface area (TPSA) is 12.0 Å². The molecular formula is C10H16Cl2NSiTi. The number of hydrogen-bond donors (Lipinski definition) is 1. The molecule has 2 rings (SSSR count). The molecular weight excluding hydrogens is 281 g/mol. The minimum absolute atomic E-state index is 0. The van der Waals surface area contributed by atoms with Gasteiger partial charge < -0.3 is 30.1 Å². The summed E-state index contributed by atoms with van der Waals surface area (Å²) in [7, 11) is -0.536. The molecule has 5 heteroatoms. The maximum Gasteiger partial charge on any atom is 3.00 e. The van der Waals surface area contributed by atoms with E-state index in [9.17, 15) is 0 Å². The summed E-state index contributed by atoms with van der Waals surface area (Å²) in [6, 6.07) is 0. The van der Waals surface area contributed by atoms with E-state index < -0.39 is 8.80 Å². The fourth-order valence-electron chi connectivity index (χ4n) is 1.85. The summed E-state index contributed by atoms with van der Waals surface area (Å²) in [4.78, 5) is 0. The predicted molar refractivity (Wildman–Crippen MR) is 54.3 cm³/mol. The molecule has 1 saturated heterocycles. The molecule has 83 valence electrons. The van der Waals surface area contributed by atoms with Gasteiger partial charge in [0.2, 0.25) is 0 Å². The Bertz CT molecular complexity index is 294. The van der Waals surface area contributed by atoms with Crippen molar-refractivity contribution in [2.24, 2.45) is 0 Å². The molecule has 2 aliphatic rings. The molecule has 1 radical (unpaired) electrons. The van der Waals surface area contributed by atoms with Crippen LogP contribution in [0.4, 0.5) is 0 Å². The van der Waals surface area contributed by atoms with E-state index in [-0.39, 0.29) is 52.1 Å². The quantitative estimate of drug-likeness (QED) is 0.382. The van der Waals surface area contributed by atoms with Crippen molar-refractivity contribution in [1.82, 2.24) is 5.32 Å². The molecule has 1 unspecified atom stereocenters. The predicted octanol–water partition coefficient (Wildman–Crippen LogP) is -4.28. The first-order valence-electron chi connectivity index (χ1n) is 4.61. The van der Waals surface area contributed by atoms with Gasteiger partial charge in [0.05, 0.1) is 0 Å². The number of hydrogen-bond acceptors (Lipinski definition) is 1. The zero-order valence-corrected chi connectivity index (χ0v) is 13.8. The number of halogens is 2. The Balaban J connectivity index is 0. The minimum Gasteiger partial charge on any atom is -1.00 e. The van der Waals surface area contributed by atoms with Crippen molar-refractivity contribution >= 4 is 8.80 Å². The van der Waals surface area contributed by atoms with Crippen molar-refractivity contribution in [2.75, 3.05) is 0 Å². The third-order valence-corrected chi connectivity index (χ3v) is 4.95. The average molecular weight is 297 g/mol. The SMILES string of the molecule is C[SiH]1C2=[C-]CC(NC(C)(C)C)=C21.[Cl-].[Cl-].[Ti+3]. The third kappa shape index (κ3) is 3.94. The van der Waals surface area contributed by atoms with Crippen molar-refractivity contribution in [1.29, 1.82) is 0 Å². The van der Waals surface area contributed by atoms with Gasteiger partial charge in [-0.3, -0.25) is 6.08 Å². The van der Waals surface area contributed by atoms with Crippen LogP contribution >= 0.6 is 0 Å². The van der Waals surface area contributed by atoms with Crippen LogP contribution in [0.25, 0.3) is 0 Å². The zero-order chi connectivity index (χ0) is 8.93. The summed E-state index contributed by atoms with van der Waals surface area (Å²) in [5, 5.41) is 6.84. The smallest absolute Gasteiger partial charge is 1.00 e. The van der Waals surface area contributed by atoms with Crippen LogP contribution < -0.4 is 30.1 Å². The Kier molecular flexibility index (Phi) is 7.17. The fraction of sp³-hybridized carbons (Fsp3) is 0.600. The van der Waals surface area contributed by atoms with Crippen LogP contribution in [-0.4, -0.2) is 14.3 Å². The van der Waals surface area contributed by atoms with Gasteiger partial charge >= 0.3 is 21.7 Å². The fourth-order valence-corrected chi connectivity index (χ4v) is 4.40. The van der Waals surface area contributed by atoms with Gasteiger partial charge in [-0.05, 0) is 29.6 Å². The summed E-state index contributed by atoms with van der Waals surface area (Å²) in [6.45, 7) is 9.04. The summed E-state index contributed by atoms with van der Waals surface area (Å²) in [5.74, 6) is 0. The van der Waals surface area contributed by atoms with Gasteiger partial charge in [0.1, 0.15) is 0 Å². The van der Waals surface area contributed by atoms with Gasteiger partial charge in [0.15, 0.2) is 0 Å². The molecule has 0 aromatic rings. The molecule has 0 bridgehead atoms. The minimum atomic E-state index is -0.536. The molecule has 0 aromatic heterocycles. The van der Waals surface area contributed by atoms with E-state index in [0.29, 0.717) is 0 Å². The number of fused-ring (bicyclic) bond motifs is 1. The first-order chi connectivity index (χ1) is 5.49. The van der Waals surface area contributed by atoms with Gasteiger partial charge in [-0.1, -0.05) is 18.7 Å². The molecule has 0 saturated carbocycles. The van der Waals surface area contributed by atoms with Gasteiger partial charge in [-0.2, -0.15) is 5.20 Å². The van der Waals surface area contributed by atoms with E-state index >= 15 is 0 Å². The van der Waals surface area contributed by atoms with Crippen LogP contribution in [0, 0.1) is 6.08 Å². The Hall–Kier alpha value is 0.791. The van der Waals surface area contributed by atoms with Gasteiger partial charge in [-0.25, -0.2) is 5.20 Å². The molecule has 1 fully saturated rings. The van der Waals surface area contributed by atoms with Crippen molar-refractivity contribution in [3.63, 3.8) is 0 Å². The molecule has 1 heterocycles. The molecule has 1 aliphatic heterocycles. The monoisotopic (exact) mass is 296 g/mol. The molecule has 1 atom stereocenters. The second-order valence-electron chi connectivity index (χ2n) is 4.76. The molecule has 15 heavy (non-hydrogen) atoms. The number of nitrogens with one attached hydrogen (secondary N) is 1. The zero-order valence-electron chi connectivity index (χ0n) is 9.54. The summed E-state index contributed by atoms with van der Waals surface area (Å²) in [6.07, 6.45) is 4.50. The Morgan fingerprint density at radius 3 is 2.13 bits per heavy atom. The van der Waals surface area contributed by atoms with Crippen LogP contribution in [-0.2, 0) is 21.7 Å². The van der Waals surface area contributed by atoms with Crippen molar-refractivity contribution in [2.45, 2.75) is 39.3 Å². The van der Waals surface area contributed by atoms with E-state index in [1.54, 1.807) is 10.4 Å². The second-order valence-corrected chi connectivity index (χ2v) is 7.35. The molecule has 1 nitrogen and oxygen atoms in total. The molecule has 1 aliphatic carbocycles. The molecule has 0 spiro atoms. The van der Waals surface area contributed by atoms with Crippen LogP contribution in [0.2, 0.25) is 6.55 Å². The van der Waals surface area contributed by atoms with Crippen LogP contribution in [0.1, 0.15) is 27.2 Å². The standard InChI is InChI=1S/C10H16NSi.2ClH.Ti/c1-10(2,3)11-7-5-6-8-9(7)12(8)4;;;/h11-12H,5H2,1-4H3;2*1H;/q-1;;;+3/p-2. The average Bonchev–Trinajstić information content (AvgIpc) is 2.35. The van der Waals surface area contributed by atoms with Crippen LogP contribution in [0.5, 0.6) is 0 Å². The van der Waals surface area contributed by atoms with E-state index in [1.807, 2.05) is 0 Å².